The van der Waals surface area contributed by atoms with Gasteiger partial charge < -0.3 is 16.2 Å². The molecule has 0 amide bonds. The van der Waals surface area contributed by atoms with Crippen molar-refractivity contribution < 1.29 is 18.3 Å². The molecule has 6 heteroatoms. The van der Waals surface area contributed by atoms with Crippen LogP contribution in [-0.4, -0.2) is 35.5 Å². The maximum atomic E-state index is 12.3. The Morgan fingerprint density at radius 2 is 1.75 bits per heavy atom. The van der Waals surface area contributed by atoms with Gasteiger partial charge in [0.2, 0.25) is 0 Å². The van der Waals surface area contributed by atoms with E-state index in [0.717, 1.165) is 32.6 Å². The summed E-state index contributed by atoms with van der Waals surface area (Å²) in [6.45, 7) is 0.324. The van der Waals surface area contributed by atoms with Gasteiger partial charge in [0.25, 0.3) is 0 Å². The Morgan fingerprint density at radius 3 is 2.19 bits per heavy atom. The Labute approximate surface area is 93.2 Å². The quantitative estimate of drug-likeness (QED) is 0.693. The zero-order chi connectivity index (χ0) is 12.4. The highest BCUT2D eigenvalue weighted by atomic mass is 19.4. The molecule has 1 unspecified atom stereocenters. The minimum Gasteiger partial charge on any atom is -0.380 e. The van der Waals surface area contributed by atoms with Gasteiger partial charge >= 0.3 is 6.18 Å². The molecule has 3 nitrogen and oxygen atoms in total. The number of halogens is 3. The van der Waals surface area contributed by atoms with E-state index >= 15 is 0 Å². The zero-order valence-corrected chi connectivity index (χ0v) is 9.35. The number of rotatable bonds is 3. The van der Waals surface area contributed by atoms with Gasteiger partial charge in [0.1, 0.15) is 0 Å². The molecule has 1 atom stereocenters. The molecule has 0 aromatic carbocycles. The molecule has 0 spiro atoms. The predicted molar refractivity (Wildman–Crippen MR) is 54.9 cm³/mol. The van der Waals surface area contributed by atoms with E-state index in [4.69, 9.17) is 5.73 Å². The van der Waals surface area contributed by atoms with Crippen molar-refractivity contribution >= 4 is 0 Å². The van der Waals surface area contributed by atoms with Crippen LogP contribution in [0.25, 0.3) is 0 Å². The van der Waals surface area contributed by atoms with Crippen LogP contribution in [0.4, 0.5) is 13.2 Å². The first kappa shape index (κ1) is 13.7. The first-order valence-electron chi connectivity index (χ1n) is 5.50. The maximum absolute atomic E-state index is 12.3. The molecule has 1 rings (SSSR count). The molecule has 0 saturated heterocycles. The van der Waals surface area contributed by atoms with Crippen molar-refractivity contribution in [3.05, 3.63) is 0 Å². The molecular weight excluding hydrogens is 221 g/mol. The molecule has 0 aromatic heterocycles. The number of aliphatic hydroxyl groups is 1. The van der Waals surface area contributed by atoms with Crippen molar-refractivity contribution in [3.63, 3.8) is 0 Å². The number of hydrogen-bond donors (Lipinski definition) is 3. The van der Waals surface area contributed by atoms with Crippen LogP contribution < -0.4 is 11.1 Å². The van der Waals surface area contributed by atoms with Gasteiger partial charge in [0, 0.05) is 18.6 Å². The van der Waals surface area contributed by atoms with Crippen LogP contribution in [0.5, 0.6) is 0 Å². The highest BCUT2D eigenvalue weighted by molar-refractivity contribution is 4.87. The highest BCUT2D eigenvalue weighted by Crippen LogP contribution is 2.29. The first-order chi connectivity index (χ1) is 7.22. The summed E-state index contributed by atoms with van der Waals surface area (Å²) >= 11 is 0. The van der Waals surface area contributed by atoms with E-state index in [1.165, 1.54) is 0 Å². The molecule has 0 heterocycles. The molecule has 4 N–H and O–H groups in total. The fraction of sp³-hybridized carbons (Fsp3) is 1.00. The van der Waals surface area contributed by atoms with Crippen LogP contribution in [0.3, 0.4) is 0 Å². The minimum atomic E-state index is -4.59. The number of hydrogen-bond acceptors (Lipinski definition) is 3. The van der Waals surface area contributed by atoms with Gasteiger partial charge in [-0.1, -0.05) is 0 Å². The summed E-state index contributed by atoms with van der Waals surface area (Å²) in [6, 6.07) is 0.204. The van der Waals surface area contributed by atoms with Gasteiger partial charge in [-0.2, -0.15) is 13.2 Å². The fourth-order valence-corrected chi connectivity index (χ4v) is 1.77. The number of alkyl halides is 3. The fourth-order valence-electron chi connectivity index (χ4n) is 1.77. The van der Waals surface area contributed by atoms with Crippen molar-refractivity contribution in [1.82, 2.24) is 5.32 Å². The van der Waals surface area contributed by atoms with E-state index in [0.29, 0.717) is 0 Å². The lowest BCUT2D eigenvalue weighted by atomic mass is 9.91. The Balaban J connectivity index is 2.34. The average Bonchev–Trinajstić information content (AvgIpc) is 2.15. The molecule has 0 aliphatic heterocycles. The van der Waals surface area contributed by atoms with Crippen molar-refractivity contribution in [2.45, 2.75) is 56.5 Å². The van der Waals surface area contributed by atoms with E-state index in [1.807, 2.05) is 0 Å². The Hall–Kier alpha value is -0.330. The van der Waals surface area contributed by atoms with Crippen LogP contribution in [0, 0.1) is 0 Å². The second-order valence-corrected chi connectivity index (χ2v) is 4.76. The lowest BCUT2D eigenvalue weighted by Crippen LogP contribution is -2.52. The van der Waals surface area contributed by atoms with Crippen molar-refractivity contribution in [1.29, 1.82) is 0 Å². The summed E-state index contributed by atoms with van der Waals surface area (Å²) in [6.07, 6.45) is -1.40. The van der Waals surface area contributed by atoms with Gasteiger partial charge in [-0.15, -0.1) is 0 Å². The number of nitrogens with one attached hydrogen (secondary N) is 1. The predicted octanol–water partition coefficient (Wildman–Crippen LogP) is 1.16. The Kier molecular flexibility index (Phi) is 4.20. The summed E-state index contributed by atoms with van der Waals surface area (Å²) < 4.78 is 37.0. The average molecular weight is 240 g/mol. The third-order valence-corrected chi connectivity index (χ3v) is 3.12. The van der Waals surface area contributed by atoms with Gasteiger partial charge in [-0.25, -0.2) is 0 Å². The summed E-state index contributed by atoms with van der Waals surface area (Å²) in [5.41, 5.74) is 3.03. The largest absolute Gasteiger partial charge is 0.418 e. The maximum Gasteiger partial charge on any atom is 0.418 e. The summed E-state index contributed by atoms with van der Waals surface area (Å²) in [5.74, 6) is 0. The topological polar surface area (TPSA) is 58.3 Å². The minimum absolute atomic E-state index is 0.0358. The van der Waals surface area contributed by atoms with Gasteiger partial charge in [-0.3, -0.25) is 0 Å². The molecule has 1 aliphatic rings. The second kappa shape index (κ2) is 4.89. The van der Waals surface area contributed by atoms with E-state index in [9.17, 15) is 18.3 Å². The lowest BCUT2D eigenvalue weighted by Gasteiger charge is -2.32. The SMILES string of the molecule is CC(O)(CN[C@H]1CC[C@H](N)CC1)C(F)(F)F. The second-order valence-electron chi connectivity index (χ2n) is 4.76. The van der Waals surface area contributed by atoms with E-state index in [1.54, 1.807) is 0 Å². The molecule has 0 radical (unpaired) electrons. The van der Waals surface area contributed by atoms with E-state index in [2.05, 4.69) is 5.32 Å². The van der Waals surface area contributed by atoms with Crippen molar-refractivity contribution in [2.24, 2.45) is 5.73 Å². The molecule has 96 valence electrons. The van der Waals surface area contributed by atoms with Gasteiger partial charge in [0.15, 0.2) is 5.60 Å². The highest BCUT2D eigenvalue weighted by Gasteiger charge is 2.49. The standard InChI is InChI=1S/C10H19F3N2O/c1-9(16,10(11,12)13)6-15-8-4-2-7(14)3-5-8/h7-8,15-16H,2-6,14H2,1H3/t7-,8-,9?. The zero-order valence-electron chi connectivity index (χ0n) is 9.35. The Morgan fingerprint density at radius 1 is 1.25 bits per heavy atom. The normalized spacial score (nSPS) is 31.1. The summed E-state index contributed by atoms with van der Waals surface area (Å²) in [5, 5.41) is 12.0. The molecule has 0 bridgehead atoms. The van der Waals surface area contributed by atoms with Crippen molar-refractivity contribution in [3.8, 4) is 0 Å². The lowest BCUT2D eigenvalue weighted by molar-refractivity contribution is -0.250. The first-order valence-corrected chi connectivity index (χ1v) is 5.50. The smallest absolute Gasteiger partial charge is 0.380 e. The third kappa shape index (κ3) is 3.61. The van der Waals surface area contributed by atoms with Gasteiger partial charge in [0.05, 0.1) is 0 Å². The van der Waals surface area contributed by atoms with E-state index in [-0.39, 0.29) is 12.1 Å². The van der Waals surface area contributed by atoms with E-state index < -0.39 is 18.3 Å². The third-order valence-electron chi connectivity index (χ3n) is 3.12. The van der Waals surface area contributed by atoms with Crippen LogP contribution in [-0.2, 0) is 0 Å². The molecule has 1 fully saturated rings. The molecule has 0 aromatic rings. The van der Waals surface area contributed by atoms with Crippen LogP contribution in [0.1, 0.15) is 32.6 Å². The van der Waals surface area contributed by atoms with Crippen molar-refractivity contribution in [2.75, 3.05) is 6.54 Å². The summed E-state index contributed by atoms with van der Waals surface area (Å²) in [7, 11) is 0. The molecule has 1 aliphatic carbocycles. The van der Waals surface area contributed by atoms with Gasteiger partial charge in [-0.05, 0) is 32.6 Å². The Bertz CT molecular complexity index is 223. The monoisotopic (exact) mass is 240 g/mol. The van der Waals surface area contributed by atoms with Crippen LogP contribution >= 0.6 is 0 Å². The molecule has 1 saturated carbocycles. The summed E-state index contributed by atoms with van der Waals surface area (Å²) in [4.78, 5) is 0. The van der Waals surface area contributed by atoms with Crippen LogP contribution in [0.15, 0.2) is 0 Å². The molecular formula is C10H19F3N2O. The molecule has 16 heavy (non-hydrogen) atoms. The number of nitrogens with two attached hydrogens (primary N) is 1. The van der Waals surface area contributed by atoms with Crippen LogP contribution in [0.2, 0.25) is 0 Å².